The van der Waals surface area contributed by atoms with Gasteiger partial charge in [0.05, 0.1) is 6.10 Å². The molecule has 66 valence electrons. The predicted octanol–water partition coefficient (Wildman–Crippen LogP) is 2.20. The third-order valence-electron chi connectivity index (χ3n) is 1.54. The van der Waals surface area contributed by atoms with Crippen LogP contribution in [0.15, 0.2) is 27.1 Å². The average Bonchev–Trinajstić information content (AvgIpc) is 2.03. The Kier molecular flexibility index (Phi) is 3.71. The number of benzene rings is 1. The maximum Gasteiger partial charge on any atom is 0.0923 e. The summed E-state index contributed by atoms with van der Waals surface area (Å²) in [6.07, 6.45) is -0.590. The third kappa shape index (κ3) is 2.29. The summed E-state index contributed by atoms with van der Waals surface area (Å²) in [4.78, 5) is 0. The van der Waals surface area contributed by atoms with E-state index >= 15 is 0 Å². The number of hydrogen-bond acceptors (Lipinski definition) is 2. The SMILES string of the molecule is NC[C@@H](O)c1ccc(Br)cc1Br. The van der Waals surface area contributed by atoms with Crippen molar-refractivity contribution in [2.75, 3.05) is 6.54 Å². The molecule has 0 radical (unpaired) electrons. The fourth-order valence-electron chi connectivity index (χ4n) is 0.899. The maximum atomic E-state index is 9.43. The molecule has 0 heterocycles. The zero-order valence-electron chi connectivity index (χ0n) is 6.30. The second-order valence-corrected chi connectivity index (χ2v) is 4.19. The molecule has 12 heavy (non-hydrogen) atoms. The lowest BCUT2D eigenvalue weighted by atomic mass is 10.1. The van der Waals surface area contributed by atoms with E-state index in [4.69, 9.17) is 5.73 Å². The van der Waals surface area contributed by atoms with E-state index in [9.17, 15) is 5.11 Å². The molecule has 3 N–H and O–H groups in total. The van der Waals surface area contributed by atoms with Crippen LogP contribution < -0.4 is 5.73 Å². The molecule has 1 aromatic rings. The van der Waals surface area contributed by atoms with Crippen LogP contribution in [0.2, 0.25) is 0 Å². The fourth-order valence-corrected chi connectivity index (χ4v) is 2.21. The van der Waals surface area contributed by atoms with Crippen molar-refractivity contribution in [3.8, 4) is 0 Å². The lowest BCUT2D eigenvalue weighted by Gasteiger charge is -2.09. The first-order valence-corrected chi connectivity index (χ1v) is 5.07. The van der Waals surface area contributed by atoms with Crippen molar-refractivity contribution >= 4 is 31.9 Å². The van der Waals surface area contributed by atoms with E-state index in [1.165, 1.54) is 0 Å². The van der Waals surface area contributed by atoms with Gasteiger partial charge in [-0.05, 0) is 17.7 Å². The summed E-state index contributed by atoms with van der Waals surface area (Å²) in [6, 6.07) is 5.60. The van der Waals surface area contributed by atoms with Crippen LogP contribution in [-0.4, -0.2) is 11.7 Å². The molecule has 1 rings (SSSR count). The molecule has 1 aromatic carbocycles. The van der Waals surface area contributed by atoms with Gasteiger partial charge in [-0.2, -0.15) is 0 Å². The van der Waals surface area contributed by atoms with Crippen molar-refractivity contribution in [1.29, 1.82) is 0 Å². The van der Waals surface area contributed by atoms with E-state index < -0.39 is 6.10 Å². The highest BCUT2D eigenvalue weighted by Crippen LogP contribution is 2.26. The van der Waals surface area contributed by atoms with Gasteiger partial charge in [-0.15, -0.1) is 0 Å². The summed E-state index contributed by atoms with van der Waals surface area (Å²) in [5, 5.41) is 9.43. The third-order valence-corrected chi connectivity index (χ3v) is 2.72. The van der Waals surface area contributed by atoms with E-state index in [-0.39, 0.29) is 6.54 Å². The van der Waals surface area contributed by atoms with Crippen LogP contribution in [-0.2, 0) is 0 Å². The van der Waals surface area contributed by atoms with Crippen molar-refractivity contribution in [3.05, 3.63) is 32.7 Å². The second-order valence-electron chi connectivity index (χ2n) is 2.42. The van der Waals surface area contributed by atoms with Gasteiger partial charge in [0.25, 0.3) is 0 Å². The molecule has 1 atom stereocenters. The molecule has 2 nitrogen and oxygen atoms in total. The molecule has 4 heteroatoms. The summed E-state index contributed by atoms with van der Waals surface area (Å²) < 4.78 is 1.84. The van der Waals surface area contributed by atoms with Crippen LogP contribution in [0.3, 0.4) is 0 Å². The lowest BCUT2D eigenvalue weighted by Crippen LogP contribution is -2.11. The number of aliphatic hydroxyl groups excluding tert-OH is 1. The van der Waals surface area contributed by atoms with Gasteiger partial charge in [-0.3, -0.25) is 0 Å². The van der Waals surface area contributed by atoms with Crippen LogP contribution in [0.4, 0.5) is 0 Å². The Bertz CT molecular complexity index is 278. The maximum absolute atomic E-state index is 9.43. The molecule has 0 spiro atoms. The summed E-state index contributed by atoms with van der Waals surface area (Å²) >= 11 is 6.67. The number of rotatable bonds is 2. The van der Waals surface area contributed by atoms with Gasteiger partial charge >= 0.3 is 0 Å². The first-order valence-electron chi connectivity index (χ1n) is 3.48. The molecular formula is C8H9Br2NO. The highest BCUT2D eigenvalue weighted by Gasteiger charge is 2.08. The van der Waals surface area contributed by atoms with E-state index in [2.05, 4.69) is 31.9 Å². The Morgan fingerprint density at radius 3 is 2.58 bits per heavy atom. The molecule has 0 saturated heterocycles. The van der Waals surface area contributed by atoms with Gasteiger partial charge in [0, 0.05) is 15.5 Å². The summed E-state index contributed by atoms with van der Waals surface area (Å²) in [5.41, 5.74) is 6.15. The molecule has 0 aliphatic rings. The van der Waals surface area contributed by atoms with E-state index in [1.807, 2.05) is 18.2 Å². The monoisotopic (exact) mass is 293 g/mol. The standard InChI is InChI=1S/C8H9Br2NO/c9-5-1-2-6(7(10)3-5)8(12)4-11/h1-3,8,12H,4,11H2/t8-/m1/s1. The summed E-state index contributed by atoms with van der Waals surface area (Å²) in [6.45, 7) is 0.236. The molecule has 0 unspecified atom stereocenters. The van der Waals surface area contributed by atoms with E-state index in [0.717, 1.165) is 14.5 Å². The van der Waals surface area contributed by atoms with Crippen molar-refractivity contribution < 1.29 is 5.11 Å². The van der Waals surface area contributed by atoms with Gasteiger partial charge < -0.3 is 10.8 Å². The average molecular weight is 295 g/mol. The Morgan fingerprint density at radius 2 is 2.08 bits per heavy atom. The van der Waals surface area contributed by atoms with Crippen molar-refractivity contribution in [2.45, 2.75) is 6.10 Å². The first kappa shape index (κ1) is 10.2. The quantitative estimate of drug-likeness (QED) is 0.878. The molecule has 0 aliphatic heterocycles. The molecule has 0 fully saturated rings. The van der Waals surface area contributed by atoms with Crippen molar-refractivity contribution in [2.24, 2.45) is 5.73 Å². The Labute approximate surface area is 88.0 Å². The van der Waals surface area contributed by atoms with Crippen molar-refractivity contribution in [3.63, 3.8) is 0 Å². The molecular weight excluding hydrogens is 286 g/mol. The van der Waals surface area contributed by atoms with Gasteiger partial charge in [0.15, 0.2) is 0 Å². The van der Waals surface area contributed by atoms with Crippen LogP contribution in [0.1, 0.15) is 11.7 Å². The minimum Gasteiger partial charge on any atom is -0.387 e. The Hall–Kier alpha value is 0.1000. The minimum absolute atomic E-state index is 0.236. The van der Waals surface area contributed by atoms with Crippen LogP contribution >= 0.6 is 31.9 Å². The lowest BCUT2D eigenvalue weighted by molar-refractivity contribution is 0.186. The fraction of sp³-hybridized carbons (Fsp3) is 0.250. The minimum atomic E-state index is -0.590. The molecule has 0 aliphatic carbocycles. The first-order chi connectivity index (χ1) is 5.65. The van der Waals surface area contributed by atoms with Gasteiger partial charge in [0.1, 0.15) is 0 Å². The van der Waals surface area contributed by atoms with E-state index in [0.29, 0.717) is 0 Å². The summed E-state index contributed by atoms with van der Waals surface area (Å²) in [7, 11) is 0. The van der Waals surface area contributed by atoms with Gasteiger partial charge in [-0.25, -0.2) is 0 Å². The number of hydrogen-bond donors (Lipinski definition) is 2. The normalized spacial score (nSPS) is 13.0. The zero-order valence-corrected chi connectivity index (χ0v) is 9.47. The topological polar surface area (TPSA) is 46.2 Å². The molecule has 0 amide bonds. The largest absolute Gasteiger partial charge is 0.387 e. The van der Waals surface area contributed by atoms with Crippen LogP contribution in [0, 0.1) is 0 Å². The molecule has 0 saturated carbocycles. The smallest absolute Gasteiger partial charge is 0.0923 e. The van der Waals surface area contributed by atoms with Gasteiger partial charge in [0.2, 0.25) is 0 Å². The highest BCUT2D eigenvalue weighted by molar-refractivity contribution is 9.11. The molecule has 0 aromatic heterocycles. The highest BCUT2D eigenvalue weighted by atomic mass is 79.9. The number of aliphatic hydroxyl groups is 1. The Balaban J connectivity index is 3.01. The second kappa shape index (κ2) is 4.37. The predicted molar refractivity (Wildman–Crippen MR) is 55.9 cm³/mol. The molecule has 0 bridgehead atoms. The van der Waals surface area contributed by atoms with Crippen LogP contribution in [0.25, 0.3) is 0 Å². The van der Waals surface area contributed by atoms with Crippen molar-refractivity contribution in [1.82, 2.24) is 0 Å². The number of halogens is 2. The van der Waals surface area contributed by atoms with Gasteiger partial charge in [-0.1, -0.05) is 37.9 Å². The number of nitrogens with two attached hydrogens (primary N) is 1. The van der Waals surface area contributed by atoms with Crippen LogP contribution in [0.5, 0.6) is 0 Å². The summed E-state index contributed by atoms with van der Waals surface area (Å²) in [5.74, 6) is 0. The Morgan fingerprint density at radius 1 is 1.42 bits per heavy atom. The zero-order chi connectivity index (χ0) is 9.14. The van der Waals surface area contributed by atoms with E-state index in [1.54, 1.807) is 0 Å².